The monoisotopic (exact) mass is 383 g/mol. The lowest BCUT2D eigenvalue weighted by Gasteiger charge is -2.09. The fourth-order valence-electron chi connectivity index (χ4n) is 2.43. The van der Waals surface area contributed by atoms with Gasteiger partial charge in [0.25, 0.3) is 0 Å². The Morgan fingerprint density at radius 3 is 2.61 bits per heavy atom. The molecule has 0 radical (unpaired) electrons. The van der Waals surface area contributed by atoms with Gasteiger partial charge in [-0.1, -0.05) is 12.1 Å². The number of phenolic OH excluding ortho intramolecular Hbond substituents is 1. The molecule has 28 heavy (non-hydrogen) atoms. The third kappa shape index (κ3) is 6.42. The molecule has 0 aromatic heterocycles. The highest BCUT2D eigenvalue weighted by Gasteiger charge is 2.08. The van der Waals surface area contributed by atoms with E-state index in [1.807, 2.05) is 39.0 Å². The van der Waals surface area contributed by atoms with E-state index in [4.69, 9.17) is 4.74 Å². The molecule has 7 heteroatoms. The Bertz CT molecular complexity index is 878. The Hall–Kier alpha value is -3.35. The molecule has 0 saturated heterocycles. The summed E-state index contributed by atoms with van der Waals surface area (Å²) >= 11 is 0. The molecule has 0 aliphatic carbocycles. The molecule has 2 aromatic rings. The van der Waals surface area contributed by atoms with Crippen LogP contribution in [0.3, 0.4) is 0 Å². The summed E-state index contributed by atoms with van der Waals surface area (Å²) < 4.78 is 5.29. The molecule has 0 saturated carbocycles. The molecule has 2 aromatic carbocycles. The molecular weight excluding hydrogens is 358 g/mol. The number of carbonyl (C=O) groups is 2. The van der Waals surface area contributed by atoms with Gasteiger partial charge in [-0.2, -0.15) is 5.10 Å². The molecule has 0 spiro atoms. The number of nitrogens with zero attached hydrogens (tertiary/aromatic N) is 1. The van der Waals surface area contributed by atoms with Crippen LogP contribution in [-0.2, 0) is 9.59 Å². The van der Waals surface area contributed by atoms with Gasteiger partial charge in [0.2, 0.25) is 11.8 Å². The van der Waals surface area contributed by atoms with E-state index in [0.717, 1.165) is 16.8 Å². The van der Waals surface area contributed by atoms with Gasteiger partial charge in [-0.05, 0) is 61.7 Å². The zero-order valence-corrected chi connectivity index (χ0v) is 16.3. The molecule has 7 nitrogen and oxygen atoms in total. The number of aromatic hydroxyl groups is 1. The van der Waals surface area contributed by atoms with Crippen LogP contribution in [0.5, 0.6) is 11.5 Å². The van der Waals surface area contributed by atoms with Crippen LogP contribution in [0, 0.1) is 13.8 Å². The highest BCUT2D eigenvalue weighted by Crippen LogP contribution is 2.26. The molecule has 0 heterocycles. The van der Waals surface area contributed by atoms with Crippen molar-refractivity contribution >= 4 is 23.7 Å². The van der Waals surface area contributed by atoms with E-state index >= 15 is 0 Å². The highest BCUT2D eigenvalue weighted by molar-refractivity contribution is 5.94. The molecular formula is C21H25N3O4. The molecule has 0 atom stereocenters. The van der Waals surface area contributed by atoms with E-state index in [1.54, 1.807) is 12.1 Å². The second kappa shape index (κ2) is 10.1. The first-order chi connectivity index (χ1) is 13.4. The second-order valence-corrected chi connectivity index (χ2v) is 6.32. The first kappa shape index (κ1) is 21.0. The van der Waals surface area contributed by atoms with Crippen molar-refractivity contribution in [2.45, 2.75) is 33.6 Å². The van der Waals surface area contributed by atoms with Crippen LogP contribution in [0.4, 0.5) is 5.69 Å². The second-order valence-electron chi connectivity index (χ2n) is 6.32. The topological polar surface area (TPSA) is 100 Å². The average molecular weight is 383 g/mol. The quantitative estimate of drug-likeness (QED) is 0.481. The normalized spacial score (nSPS) is 10.7. The molecule has 3 N–H and O–H groups in total. The Balaban J connectivity index is 1.81. The van der Waals surface area contributed by atoms with E-state index < -0.39 is 0 Å². The number of rotatable bonds is 8. The Labute approximate surface area is 164 Å². The van der Waals surface area contributed by atoms with Gasteiger partial charge in [0.05, 0.1) is 12.8 Å². The lowest BCUT2D eigenvalue weighted by molar-refractivity contribution is -0.124. The lowest BCUT2D eigenvalue weighted by atomic mass is 10.1. The van der Waals surface area contributed by atoms with Crippen LogP contribution in [-0.4, -0.2) is 29.7 Å². The summed E-state index contributed by atoms with van der Waals surface area (Å²) in [4.78, 5) is 23.9. The molecule has 0 fully saturated rings. The summed E-state index contributed by atoms with van der Waals surface area (Å²) in [5, 5.41) is 16.3. The summed E-state index contributed by atoms with van der Waals surface area (Å²) in [6.07, 6.45) is 1.52. The van der Waals surface area contributed by atoms with E-state index in [-0.39, 0.29) is 30.4 Å². The van der Waals surface area contributed by atoms with Gasteiger partial charge in [0.1, 0.15) is 0 Å². The molecule has 2 rings (SSSR count). The molecule has 0 aliphatic rings. The SMILES string of the molecule is CCOc1cc(C=NNC(=O)CCC(=O)Nc2cc(C)ccc2C)ccc1O. The highest BCUT2D eigenvalue weighted by atomic mass is 16.5. The first-order valence-corrected chi connectivity index (χ1v) is 9.04. The van der Waals surface area contributed by atoms with Crippen molar-refractivity contribution in [1.29, 1.82) is 0 Å². The Morgan fingerprint density at radius 2 is 1.86 bits per heavy atom. The van der Waals surface area contributed by atoms with E-state index in [0.29, 0.717) is 17.9 Å². The van der Waals surface area contributed by atoms with Gasteiger partial charge in [-0.25, -0.2) is 5.43 Å². The maximum atomic E-state index is 12.0. The van der Waals surface area contributed by atoms with Gasteiger partial charge in [-0.15, -0.1) is 0 Å². The van der Waals surface area contributed by atoms with Crippen molar-refractivity contribution in [3.63, 3.8) is 0 Å². The summed E-state index contributed by atoms with van der Waals surface area (Å²) in [5.74, 6) is -0.206. The summed E-state index contributed by atoms with van der Waals surface area (Å²) in [5.41, 5.74) is 5.81. The predicted octanol–water partition coefficient (Wildman–Crippen LogP) is 3.28. The van der Waals surface area contributed by atoms with Crippen LogP contribution >= 0.6 is 0 Å². The number of benzene rings is 2. The van der Waals surface area contributed by atoms with Crippen molar-refractivity contribution in [1.82, 2.24) is 5.43 Å². The Kier molecular flexibility index (Phi) is 7.56. The van der Waals surface area contributed by atoms with Gasteiger partial charge in [0, 0.05) is 18.5 Å². The van der Waals surface area contributed by atoms with Crippen molar-refractivity contribution < 1.29 is 19.4 Å². The van der Waals surface area contributed by atoms with Crippen LogP contribution in [0.1, 0.15) is 36.5 Å². The largest absolute Gasteiger partial charge is 0.504 e. The number of amides is 2. The first-order valence-electron chi connectivity index (χ1n) is 9.04. The van der Waals surface area contributed by atoms with Gasteiger partial charge in [0.15, 0.2) is 11.5 Å². The maximum Gasteiger partial charge on any atom is 0.240 e. The summed E-state index contributed by atoms with van der Waals surface area (Å²) in [6.45, 7) is 6.11. The number of hydrazone groups is 1. The fourth-order valence-corrected chi connectivity index (χ4v) is 2.43. The number of hydrogen-bond donors (Lipinski definition) is 3. The number of phenols is 1. The van der Waals surface area contributed by atoms with Crippen molar-refractivity contribution in [3.8, 4) is 11.5 Å². The van der Waals surface area contributed by atoms with E-state index in [1.165, 1.54) is 12.3 Å². The molecule has 148 valence electrons. The third-order valence-electron chi connectivity index (χ3n) is 3.93. The van der Waals surface area contributed by atoms with Crippen LogP contribution in [0.25, 0.3) is 0 Å². The zero-order valence-electron chi connectivity index (χ0n) is 16.3. The van der Waals surface area contributed by atoms with Crippen LogP contribution in [0.15, 0.2) is 41.5 Å². The van der Waals surface area contributed by atoms with Crippen LogP contribution in [0.2, 0.25) is 0 Å². The van der Waals surface area contributed by atoms with Crippen LogP contribution < -0.4 is 15.5 Å². The van der Waals surface area contributed by atoms with E-state index in [9.17, 15) is 14.7 Å². The summed E-state index contributed by atoms with van der Waals surface area (Å²) in [7, 11) is 0. The van der Waals surface area contributed by atoms with Gasteiger partial charge >= 0.3 is 0 Å². The zero-order chi connectivity index (χ0) is 20.5. The number of carbonyl (C=O) groups excluding carboxylic acids is 2. The number of nitrogens with one attached hydrogen (secondary N) is 2. The number of hydrogen-bond acceptors (Lipinski definition) is 5. The van der Waals surface area contributed by atoms with E-state index in [2.05, 4.69) is 15.8 Å². The van der Waals surface area contributed by atoms with Crippen molar-refractivity contribution in [3.05, 3.63) is 53.1 Å². The standard InChI is InChI=1S/C21H25N3O4/c1-4-28-19-12-16(7-8-18(19)25)13-22-24-21(27)10-9-20(26)23-17-11-14(2)5-6-15(17)3/h5-8,11-13,25H,4,9-10H2,1-3H3,(H,23,26)(H,24,27). The predicted molar refractivity (Wildman–Crippen MR) is 109 cm³/mol. The molecule has 2 amide bonds. The number of anilines is 1. The van der Waals surface area contributed by atoms with Crippen molar-refractivity contribution in [2.24, 2.45) is 5.10 Å². The summed E-state index contributed by atoms with van der Waals surface area (Å²) in [6, 6.07) is 10.6. The van der Waals surface area contributed by atoms with Gasteiger partial charge in [-0.3, -0.25) is 9.59 Å². The smallest absolute Gasteiger partial charge is 0.240 e. The molecule has 0 aliphatic heterocycles. The fraction of sp³-hybridized carbons (Fsp3) is 0.286. The van der Waals surface area contributed by atoms with Crippen molar-refractivity contribution in [2.75, 3.05) is 11.9 Å². The van der Waals surface area contributed by atoms with Gasteiger partial charge < -0.3 is 15.2 Å². The Morgan fingerprint density at radius 1 is 1.11 bits per heavy atom. The average Bonchev–Trinajstić information content (AvgIpc) is 2.66. The maximum absolute atomic E-state index is 12.0. The minimum atomic E-state index is -0.365. The number of ether oxygens (including phenoxy) is 1. The number of aryl methyl sites for hydroxylation is 2. The molecule has 0 unspecified atom stereocenters. The lowest BCUT2D eigenvalue weighted by Crippen LogP contribution is -2.20. The third-order valence-corrected chi connectivity index (χ3v) is 3.93. The minimum Gasteiger partial charge on any atom is -0.504 e. The minimum absolute atomic E-state index is 0.0216. The molecule has 0 bridgehead atoms.